The van der Waals surface area contributed by atoms with Crippen LogP contribution in [-0.2, 0) is 4.79 Å². The molecule has 0 bridgehead atoms. The number of amides is 1. The predicted molar refractivity (Wildman–Crippen MR) is 64.3 cm³/mol. The molecule has 0 heterocycles. The summed E-state index contributed by atoms with van der Waals surface area (Å²) >= 11 is 0. The lowest BCUT2D eigenvalue weighted by atomic mass is 10.0. The summed E-state index contributed by atoms with van der Waals surface area (Å²) in [6.45, 7) is 3.09. The molecule has 0 saturated carbocycles. The Bertz CT molecular complexity index is 470. The first-order valence-corrected chi connectivity index (χ1v) is 5.60. The number of hydrogen-bond acceptors (Lipinski definition) is 3. The Balaban J connectivity index is 2.53. The highest BCUT2D eigenvalue weighted by molar-refractivity contribution is 5.78. The van der Waals surface area contributed by atoms with Gasteiger partial charge in [0.1, 0.15) is 5.54 Å². The SMILES string of the molecule is CCC(C)(C#N)NC(=O)COc1ccccc1F. The maximum Gasteiger partial charge on any atom is 0.259 e. The van der Waals surface area contributed by atoms with Crippen molar-refractivity contribution in [1.29, 1.82) is 5.26 Å². The molecular formula is C13H15FN2O2. The van der Waals surface area contributed by atoms with Crippen LogP contribution in [0, 0.1) is 17.1 Å². The molecule has 0 aromatic heterocycles. The highest BCUT2D eigenvalue weighted by Gasteiger charge is 2.23. The van der Waals surface area contributed by atoms with Gasteiger partial charge in [0, 0.05) is 0 Å². The van der Waals surface area contributed by atoms with Crippen LogP contribution in [0.5, 0.6) is 5.75 Å². The van der Waals surface area contributed by atoms with E-state index in [9.17, 15) is 9.18 Å². The molecule has 5 heteroatoms. The molecule has 1 aromatic carbocycles. The normalized spacial score (nSPS) is 13.2. The summed E-state index contributed by atoms with van der Waals surface area (Å²) < 4.78 is 18.2. The van der Waals surface area contributed by atoms with Gasteiger partial charge in [-0.25, -0.2) is 4.39 Å². The molecule has 4 nitrogen and oxygen atoms in total. The van der Waals surface area contributed by atoms with Gasteiger partial charge in [0.25, 0.3) is 5.91 Å². The summed E-state index contributed by atoms with van der Waals surface area (Å²) in [5.74, 6) is -0.962. The molecule has 1 unspecified atom stereocenters. The van der Waals surface area contributed by atoms with Crippen molar-refractivity contribution in [3.8, 4) is 11.8 Å². The van der Waals surface area contributed by atoms with E-state index in [1.807, 2.05) is 6.07 Å². The number of ether oxygens (including phenoxy) is 1. The van der Waals surface area contributed by atoms with E-state index < -0.39 is 17.3 Å². The fourth-order valence-electron chi connectivity index (χ4n) is 1.24. The minimum atomic E-state index is -0.921. The first-order valence-electron chi connectivity index (χ1n) is 5.60. The van der Waals surface area contributed by atoms with E-state index in [0.29, 0.717) is 6.42 Å². The van der Waals surface area contributed by atoms with Crippen molar-refractivity contribution < 1.29 is 13.9 Å². The van der Waals surface area contributed by atoms with Crippen LogP contribution in [0.15, 0.2) is 24.3 Å². The molecule has 0 spiro atoms. The number of benzene rings is 1. The van der Waals surface area contributed by atoms with Crippen LogP contribution >= 0.6 is 0 Å². The van der Waals surface area contributed by atoms with E-state index in [-0.39, 0.29) is 12.4 Å². The van der Waals surface area contributed by atoms with Gasteiger partial charge in [0.15, 0.2) is 18.2 Å². The number of para-hydroxylation sites is 1. The molecule has 1 rings (SSSR count). The molecular weight excluding hydrogens is 235 g/mol. The smallest absolute Gasteiger partial charge is 0.259 e. The molecule has 18 heavy (non-hydrogen) atoms. The van der Waals surface area contributed by atoms with Crippen molar-refractivity contribution in [1.82, 2.24) is 5.32 Å². The molecule has 0 aliphatic carbocycles. The van der Waals surface area contributed by atoms with E-state index in [1.54, 1.807) is 19.9 Å². The molecule has 0 aliphatic heterocycles. The van der Waals surface area contributed by atoms with Crippen LogP contribution < -0.4 is 10.1 Å². The van der Waals surface area contributed by atoms with Crippen molar-refractivity contribution in [3.63, 3.8) is 0 Å². The van der Waals surface area contributed by atoms with Crippen LogP contribution in [0.4, 0.5) is 4.39 Å². The van der Waals surface area contributed by atoms with Gasteiger partial charge in [0.05, 0.1) is 6.07 Å². The fourth-order valence-corrected chi connectivity index (χ4v) is 1.24. The van der Waals surface area contributed by atoms with Crippen molar-refractivity contribution in [2.24, 2.45) is 0 Å². The largest absolute Gasteiger partial charge is 0.481 e. The topological polar surface area (TPSA) is 62.1 Å². The second kappa shape index (κ2) is 6.01. The summed E-state index contributed by atoms with van der Waals surface area (Å²) in [6.07, 6.45) is 0.481. The number of nitrogens with zero attached hydrogens (tertiary/aromatic N) is 1. The molecule has 1 N–H and O–H groups in total. The number of rotatable bonds is 5. The van der Waals surface area contributed by atoms with Crippen molar-refractivity contribution in [3.05, 3.63) is 30.1 Å². The summed E-state index contributed by atoms with van der Waals surface area (Å²) in [5, 5.41) is 11.4. The Labute approximate surface area is 105 Å². The molecule has 1 atom stereocenters. The summed E-state index contributed by atoms with van der Waals surface area (Å²) in [5.41, 5.74) is -0.921. The minimum Gasteiger partial charge on any atom is -0.481 e. The molecule has 0 fully saturated rings. The quantitative estimate of drug-likeness (QED) is 0.869. The predicted octanol–water partition coefficient (Wildman–Crippen LogP) is 2.01. The molecule has 0 radical (unpaired) electrons. The summed E-state index contributed by atoms with van der Waals surface area (Å²) in [6, 6.07) is 7.84. The zero-order chi connectivity index (χ0) is 13.6. The third kappa shape index (κ3) is 3.74. The average molecular weight is 250 g/mol. The van der Waals surface area contributed by atoms with E-state index in [1.165, 1.54) is 18.2 Å². The van der Waals surface area contributed by atoms with Crippen molar-refractivity contribution >= 4 is 5.91 Å². The second-order valence-corrected chi connectivity index (χ2v) is 4.06. The fraction of sp³-hybridized carbons (Fsp3) is 0.385. The molecule has 0 saturated heterocycles. The highest BCUT2D eigenvalue weighted by atomic mass is 19.1. The maximum absolute atomic E-state index is 13.2. The van der Waals surface area contributed by atoms with E-state index in [2.05, 4.69) is 5.32 Å². The lowest BCUT2D eigenvalue weighted by Gasteiger charge is -2.21. The van der Waals surface area contributed by atoms with Gasteiger partial charge in [-0.2, -0.15) is 5.26 Å². The van der Waals surface area contributed by atoms with Gasteiger partial charge in [-0.1, -0.05) is 19.1 Å². The summed E-state index contributed by atoms with van der Waals surface area (Å²) in [4.78, 5) is 11.6. The maximum atomic E-state index is 13.2. The monoisotopic (exact) mass is 250 g/mol. The number of carbonyl (C=O) groups is 1. The van der Waals surface area contributed by atoms with Gasteiger partial charge < -0.3 is 10.1 Å². The zero-order valence-electron chi connectivity index (χ0n) is 10.4. The first-order chi connectivity index (χ1) is 8.50. The molecule has 96 valence electrons. The van der Waals surface area contributed by atoms with Gasteiger partial charge in [0.2, 0.25) is 0 Å². The van der Waals surface area contributed by atoms with Crippen molar-refractivity contribution in [2.45, 2.75) is 25.8 Å². The summed E-state index contributed by atoms with van der Waals surface area (Å²) in [7, 11) is 0. The Hall–Kier alpha value is -2.09. The Morgan fingerprint density at radius 2 is 2.22 bits per heavy atom. The van der Waals surface area contributed by atoms with Crippen LogP contribution in [0.1, 0.15) is 20.3 Å². The Morgan fingerprint density at radius 3 is 2.78 bits per heavy atom. The third-order valence-corrected chi connectivity index (χ3v) is 2.56. The standard InChI is InChI=1S/C13H15FN2O2/c1-3-13(2,9-15)16-12(17)8-18-11-7-5-4-6-10(11)14/h4-7H,3,8H2,1-2H3,(H,16,17). The van der Waals surface area contributed by atoms with Gasteiger partial charge >= 0.3 is 0 Å². The lowest BCUT2D eigenvalue weighted by Crippen LogP contribution is -2.46. The van der Waals surface area contributed by atoms with Crippen LogP contribution in [0.25, 0.3) is 0 Å². The Morgan fingerprint density at radius 1 is 1.56 bits per heavy atom. The molecule has 1 amide bonds. The number of nitriles is 1. The molecule has 0 aliphatic rings. The highest BCUT2D eigenvalue weighted by Crippen LogP contribution is 2.15. The van der Waals surface area contributed by atoms with Crippen LogP contribution in [0.2, 0.25) is 0 Å². The first kappa shape index (κ1) is 14.0. The van der Waals surface area contributed by atoms with Gasteiger partial charge in [-0.3, -0.25) is 4.79 Å². The number of hydrogen-bond donors (Lipinski definition) is 1. The average Bonchev–Trinajstić information content (AvgIpc) is 2.37. The van der Waals surface area contributed by atoms with Gasteiger partial charge in [-0.05, 0) is 25.5 Å². The molecule has 1 aromatic rings. The number of halogens is 1. The second-order valence-electron chi connectivity index (χ2n) is 4.06. The van der Waals surface area contributed by atoms with E-state index in [0.717, 1.165) is 0 Å². The minimum absolute atomic E-state index is 0.0165. The van der Waals surface area contributed by atoms with E-state index in [4.69, 9.17) is 10.00 Å². The van der Waals surface area contributed by atoms with Crippen LogP contribution in [0.3, 0.4) is 0 Å². The van der Waals surface area contributed by atoms with Crippen molar-refractivity contribution in [2.75, 3.05) is 6.61 Å². The lowest BCUT2D eigenvalue weighted by molar-refractivity contribution is -0.124. The number of nitrogens with one attached hydrogen (secondary N) is 1. The number of carbonyl (C=O) groups excluding carboxylic acids is 1. The van der Waals surface area contributed by atoms with Gasteiger partial charge in [-0.15, -0.1) is 0 Å². The Kier molecular flexibility index (Phi) is 4.67. The van der Waals surface area contributed by atoms with E-state index >= 15 is 0 Å². The van der Waals surface area contributed by atoms with Crippen LogP contribution in [-0.4, -0.2) is 18.1 Å². The third-order valence-electron chi connectivity index (χ3n) is 2.56. The zero-order valence-corrected chi connectivity index (χ0v) is 10.4.